The highest BCUT2D eigenvalue weighted by Crippen LogP contribution is 2.42. The van der Waals surface area contributed by atoms with Crippen LogP contribution in [-0.2, 0) is 24.7 Å². The van der Waals surface area contributed by atoms with Crippen molar-refractivity contribution in [2.24, 2.45) is 0 Å². The number of fused-ring (bicyclic) bond motifs is 2. The van der Waals surface area contributed by atoms with E-state index in [1.807, 2.05) is 0 Å². The molecule has 1 heterocycles. The molecule has 0 unspecified atom stereocenters. The maximum absolute atomic E-state index is 12.7. The predicted octanol–water partition coefficient (Wildman–Crippen LogP) is 0.349. The van der Waals surface area contributed by atoms with Crippen LogP contribution in [0.2, 0.25) is 0 Å². The van der Waals surface area contributed by atoms with Gasteiger partial charge in [0.15, 0.2) is 0 Å². The molecular formula is C15H13NO8S2. The van der Waals surface area contributed by atoms with Gasteiger partial charge in [0, 0.05) is 0 Å². The molecule has 0 aliphatic carbocycles. The highest BCUT2D eigenvalue weighted by atomic mass is 32.2. The molecule has 0 saturated carbocycles. The average molecular weight is 399 g/mol. The summed E-state index contributed by atoms with van der Waals surface area (Å²) in [5.74, 6) is -1.49. The van der Waals surface area contributed by atoms with Gasteiger partial charge in [0.1, 0.15) is 27.3 Å². The molecule has 138 valence electrons. The Hall–Kier alpha value is -2.47. The van der Waals surface area contributed by atoms with E-state index in [-0.39, 0.29) is 21.3 Å². The van der Waals surface area contributed by atoms with E-state index in [1.165, 1.54) is 24.3 Å². The minimum Gasteiger partial charge on any atom is -0.480 e. The molecule has 0 spiro atoms. The Bertz CT molecular complexity index is 1090. The molecule has 0 aromatic heterocycles. The van der Waals surface area contributed by atoms with Gasteiger partial charge in [-0.25, -0.2) is 16.8 Å². The molecule has 1 atom stereocenters. The molecule has 26 heavy (non-hydrogen) atoms. The number of sulfonamides is 1. The lowest BCUT2D eigenvalue weighted by molar-refractivity contribution is -0.139. The topological polar surface area (TPSA) is 147 Å². The zero-order valence-electron chi connectivity index (χ0n) is 13.0. The molecule has 2 aromatic carbocycles. The molecule has 9 nitrogen and oxygen atoms in total. The van der Waals surface area contributed by atoms with Crippen LogP contribution in [-0.4, -0.2) is 45.7 Å². The van der Waals surface area contributed by atoms with E-state index in [9.17, 15) is 21.6 Å². The number of para-hydroxylation sites is 1. The fourth-order valence-electron chi connectivity index (χ4n) is 2.36. The first-order valence-corrected chi connectivity index (χ1v) is 10.2. The lowest BCUT2D eigenvalue weighted by Crippen LogP contribution is -2.43. The summed E-state index contributed by atoms with van der Waals surface area (Å²) in [7, 11) is -8.41. The van der Waals surface area contributed by atoms with Crippen molar-refractivity contribution in [1.82, 2.24) is 4.72 Å². The average Bonchev–Trinajstić information content (AvgIpc) is 2.59. The number of nitrogens with one attached hydrogen (secondary N) is 1. The zero-order valence-corrected chi connectivity index (χ0v) is 14.6. The number of carboxylic acid groups (broad SMARTS) is 1. The van der Waals surface area contributed by atoms with Crippen molar-refractivity contribution in [1.29, 1.82) is 0 Å². The quantitative estimate of drug-likeness (QED) is 0.557. The fraction of sp³-hybridized carbons (Fsp3) is 0.133. The number of hydrogen-bond donors (Lipinski definition) is 3. The summed E-state index contributed by atoms with van der Waals surface area (Å²) in [6.45, 7) is -0.964. The first kappa shape index (κ1) is 18.3. The Kier molecular flexibility index (Phi) is 4.48. The van der Waals surface area contributed by atoms with Gasteiger partial charge in [-0.05, 0) is 30.3 Å². The zero-order chi connectivity index (χ0) is 19.1. The molecule has 0 amide bonds. The molecule has 2 aromatic rings. The first-order valence-electron chi connectivity index (χ1n) is 7.19. The minimum absolute atomic E-state index is 0.0420. The Morgan fingerprint density at radius 3 is 2.42 bits per heavy atom. The number of rotatable bonds is 5. The van der Waals surface area contributed by atoms with Gasteiger partial charge in [-0.2, -0.15) is 4.72 Å². The van der Waals surface area contributed by atoms with E-state index in [0.717, 1.165) is 12.1 Å². The van der Waals surface area contributed by atoms with Crippen LogP contribution < -0.4 is 9.46 Å². The summed E-state index contributed by atoms with van der Waals surface area (Å²) in [6, 6.07) is 7.30. The second-order valence-corrected chi connectivity index (χ2v) is 8.96. The third-order valence-electron chi connectivity index (χ3n) is 3.65. The highest BCUT2D eigenvalue weighted by molar-refractivity contribution is 7.92. The summed E-state index contributed by atoms with van der Waals surface area (Å²) in [4.78, 5) is 9.99. The Morgan fingerprint density at radius 1 is 1.12 bits per heavy atom. The highest BCUT2D eigenvalue weighted by Gasteiger charge is 2.33. The molecule has 3 N–H and O–H groups in total. The van der Waals surface area contributed by atoms with Gasteiger partial charge in [0.2, 0.25) is 19.9 Å². The number of ether oxygens (including phenoxy) is 1. The molecule has 1 aliphatic heterocycles. The monoisotopic (exact) mass is 399 g/mol. The van der Waals surface area contributed by atoms with Crippen LogP contribution in [0.1, 0.15) is 0 Å². The number of carbonyl (C=O) groups is 1. The number of carboxylic acids is 1. The number of aliphatic hydroxyl groups excluding tert-OH is 1. The van der Waals surface area contributed by atoms with E-state index in [1.54, 1.807) is 10.8 Å². The number of hydrogen-bond acceptors (Lipinski definition) is 7. The SMILES string of the molecule is O=C(O)[C@H](CO)NS(=O)(=O)c1ccc2c(c1)S(=O)(=O)c1ccccc1O2. The van der Waals surface area contributed by atoms with Gasteiger partial charge in [0.25, 0.3) is 0 Å². The van der Waals surface area contributed by atoms with Gasteiger partial charge in [0.05, 0.1) is 11.5 Å². The molecule has 0 fully saturated rings. The summed E-state index contributed by atoms with van der Waals surface area (Å²) >= 11 is 0. The summed E-state index contributed by atoms with van der Waals surface area (Å²) in [5, 5.41) is 17.8. The van der Waals surface area contributed by atoms with Crippen LogP contribution in [0.25, 0.3) is 0 Å². The van der Waals surface area contributed by atoms with Gasteiger partial charge in [-0.3, -0.25) is 4.79 Å². The Balaban J connectivity index is 2.07. The van der Waals surface area contributed by atoms with Crippen LogP contribution >= 0.6 is 0 Å². The van der Waals surface area contributed by atoms with Gasteiger partial charge < -0.3 is 14.9 Å². The fourth-order valence-corrected chi connectivity index (χ4v) is 5.17. The number of aliphatic carboxylic acids is 1. The van der Waals surface area contributed by atoms with Crippen LogP contribution in [0.15, 0.2) is 57.2 Å². The van der Waals surface area contributed by atoms with E-state index < -0.39 is 43.4 Å². The molecule has 0 radical (unpaired) electrons. The smallest absolute Gasteiger partial charge is 0.324 e. The number of benzene rings is 2. The van der Waals surface area contributed by atoms with Crippen molar-refractivity contribution in [2.75, 3.05) is 6.61 Å². The number of aliphatic hydroxyl groups is 1. The Morgan fingerprint density at radius 2 is 1.77 bits per heavy atom. The largest absolute Gasteiger partial charge is 0.480 e. The lowest BCUT2D eigenvalue weighted by Gasteiger charge is -2.21. The van der Waals surface area contributed by atoms with E-state index >= 15 is 0 Å². The molecule has 0 bridgehead atoms. The van der Waals surface area contributed by atoms with Crippen molar-refractivity contribution < 1.29 is 36.6 Å². The van der Waals surface area contributed by atoms with Crippen molar-refractivity contribution in [3.05, 3.63) is 42.5 Å². The van der Waals surface area contributed by atoms with Crippen molar-refractivity contribution in [3.63, 3.8) is 0 Å². The van der Waals surface area contributed by atoms with E-state index in [4.69, 9.17) is 14.9 Å². The number of sulfone groups is 1. The predicted molar refractivity (Wildman–Crippen MR) is 87.2 cm³/mol. The second kappa shape index (κ2) is 6.36. The molecule has 1 aliphatic rings. The van der Waals surface area contributed by atoms with Gasteiger partial charge >= 0.3 is 5.97 Å². The maximum Gasteiger partial charge on any atom is 0.324 e. The third-order valence-corrected chi connectivity index (χ3v) is 6.94. The lowest BCUT2D eigenvalue weighted by atomic mass is 10.3. The molecule has 3 rings (SSSR count). The van der Waals surface area contributed by atoms with Crippen molar-refractivity contribution in [3.8, 4) is 11.5 Å². The van der Waals surface area contributed by atoms with Crippen molar-refractivity contribution in [2.45, 2.75) is 20.7 Å². The minimum atomic E-state index is -4.39. The maximum atomic E-state index is 12.7. The molecule has 11 heteroatoms. The third kappa shape index (κ3) is 3.05. The van der Waals surface area contributed by atoms with E-state index in [0.29, 0.717) is 0 Å². The molecule has 0 saturated heterocycles. The Labute approximate surface area is 148 Å². The second-order valence-electron chi connectivity index (χ2n) is 5.36. The molecular weight excluding hydrogens is 386 g/mol. The first-order chi connectivity index (χ1) is 12.2. The standard InChI is InChI=1S/C15H13NO8S2/c17-8-10(15(18)19)16-26(22,23)9-5-6-12-14(7-9)25(20,21)13-4-2-1-3-11(13)24-12/h1-7,10,16-17H,8H2,(H,18,19)/t10-/m0/s1. The van der Waals surface area contributed by atoms with Gasteiger partial charge in [-0.1, -0.05) is 12.1 Å². The van der Waals surface area contributed by atoms with Crippen LogP contribution in [0.5, 0.6) is 11.5 Å². The van der Waals surface area contributed by atoms with Gasteiger partial charge in [-0.15, -0.1) is 0 Å². The summed E-state index contributed by atoms with van der Waals surface area (Å²) < 4.78 is 57.4. The normalized spacial score (nSPS) is 16.0. The van der Waals surface area contributed by atoms with Crippen LogP contribution in [0.3, 0.4) is 0 Å². The van der Waals surface area contributed by atoms with Crippen molar-refractivity contribution >= 4 is 25.8 Å². The van der Waals surface area contributed by atoms with Crippen LogP contribution in [0.4, 0.5) is 0 Å². The summed E-state index contributed by atoms with van der Waals surface area (Å²) in [6.07, 6.45) is 0. The van der Waals surface area contributed by atoms with E-state index in [2.05, 4.69) is 0 Å². The van der Waals surface area contributed by atoms with Crippen LogP contribution in [0, 0.1) is 0 Å². The summed E-state index contributed by atoms with van der Waals surface area (Å²) in [5.41, 5.74) is 0.